The number of hydrogen-bond donors (Lipinski definition) is 0. The van der Waals surface area contributed by atoms with Crippen LogP contribution in [0.25, 0.3) is 0 Å². The average Bonchev–Trinajstić information content (AvgIpc) is 2.52. The van der Waals surface area contributed by atoms with Gasteiger partial charge in [-0.2, -0.15) is 0 Å². The second-order valence-corrected chi connectivity index (χ2v) is 2.32. The van der Waals surface area contributed by atoms with E-state index in [0.717, 1.165) is 6.20 Å². The van der Waals surface area contributed by atoms with Crippen molar-refractivity contribution in [1.29, 1.82) is 0 Å². The van der Waals surface area contributed by atoms with Crippen molar-refractivity contribution in [3.05, 3.63) is 35.4 Å². The first-order valence-corrected chi connectivity index (χ1v) is 3.34. The molecule has 0 amide bonds. The Morgan fingerprint density at radius 1 is 1.50 bits per heavy atom. The molecular formula is C8H4FN2O. The van der Waals surface area contributed by atoms with Gasteiger partial charge in [0.25, 0.3) is 0 Å². The minimum Gasteiger partial charge on any atom is -0.298 e. The molecule has 2 heterocycles. The van der Waals surface area contributed by atoms with E-state index in [2.05, 4.69) is 10.3 Å². The van der Waals surface area contributed by atoms with Gasteiger partial charge < -0.3 is 0 Å². The second-order valence-electron chi connectivity index (χ2n) is 2.32. The van der Waals surface area contributed by atoms with Crippen LogP contribution in [0.4, 0.5) is 4.39 Å². The van der Waals surface area contributed by atoms with Crippen molar-refractivity contribution in [3.8, 4) is 0 Å². The third-order valence-corrected chi connectivity index (χ3v) is 1.64. The van der Waals surface area contributed by atoms with Crippen LogP contribution in [0.2, 0.25) is 0 Å². The maximum absolute atomic E-state index is 12.9. The highest BCUT2D eigenvalue weighted by molar-refractivity contribution is 6.09. The summed E-state index contributed by atoms with van der Waals surface area (Å²) >= 11 is 0. The molecule has 2 rings (SSSR count). The summed E-state index contributed by atoms with van der Waals surface area (Å²) in [5.74, 6) is -0.205. The summed E-state index contributed by atoms with van der Waals surface area (Å²) in [4.78, 5) is 14.3. The normalized spacial score (nSPS) is 19.8. The van der Waals surface area contributed by atoms with Crippen LogP contribution in [0.1, 0.15) is 0 Å². The van der Waals surface area contributed by atoms with Crippen molar-refractivity contribution >= 4 is 12.1 Å². The summed E-state index contributed by atoms with van der Waals surface area (Å²) in [7, 11) is 0. The van der Waals surface area contributed by atoms with Crippen molar-refractivity contribution in [3.63, 3.8) is 0 Å². The molecule has 2 aliphatic rings. The van der Waals surface area contributed by atoms with Crippen LogP contribution < -0.4 is 5.32 Å². The number of aldehydes is 1. The fourth-order valence-corrected chi connectivity index (χ4v) is 1.08. The summed E-state index contributed by atoms with van der Waals surface area (Å²) < 4.78 is 12.9. The first-order chi connectivity index (χ1) is 5.83. The highest BCUT2D eigenvalue weighted by Gasteiger charge is 2.21. The Kier molecular flexibility index (Phi) is 1.40. The lowest BCUT2D eigenvalue weighted by Crippen LogP contribution is -2.17. The fraction of sp³-hybridized carbons (Fsp3) is 0. The number of carbonyl (C=O) groups is 1. The quantitative estimate of drug-likeness (QED) is 0.528. The number of allylic oxidation sites excluding steroid dienone is 2. The van der Waals surface area contributed by atoms with Crippen molar-refractivity contribution in [2.24, 2.45) is 4.99 Å². The predicted octanol–water partition coefficient (Wildman–Crippen LogP) is 0.837. The van der Waals surface area contributed by atoms with Gasteiger partial charge in [-0.15, -0.1) is 0 Å². The molecule has 2 aliphatic heterocycles. The van der Waals surface area contributed by atoms with Crippen LogP contribution in [0, 0.1) is 0 Å². The molecule has 0 unspecified atom stereocenters. The van der Waals surface area contributed by atoms with Crippen LogP contribution in [-0.4, -0.2) is 12.1 Å². The van der Waals surface area contributed by atoms with Gasteiger partial charge >= 0.3 is 0 Å². The maximum atomic E-state index is 12.9. The first kappa shape index (κ1) is 6.97. The Morgan fingerprint density at radius 2 is 2.33 bits per heavy atom. The Hall–Kier alpha value is -1.71. The topological polar surface area (TPSA) is 43.5 Å². The van der Waals surface area contributed by atoms with Crippen molar-refractivity contribution in [1.82, 2.24) is 5.32 Å². The smallest absolute Gasteiger partial charge is 0.160 e. The minimum absolute atomic E-state index is 0.0255. The number of amidine groups is 1. The zero-order chi connectivity index (χ0) is 8.55. The van der Waals surface area contributed by atoms with E-state index in [1.165, 1.54) is 6.20 Å². The van der Waals surface area contributed by atoms with E-state index in [1.807, 2.05) is 0 Å². The van der Waals surface area contributed by atoms with Gasteiger partial charge in [-0.05, 0) is 6.08 Å². The summed E-state index contributed by atoms with van der Waals surface area (Å²) in [5, 5.41) is 3.70. The van der Waals surface area contributed by atoms with Gasteiger partial charge in [0.05, 0.1) is 11.8 Å². The van der Waals surface area contributed by atoms with Crippen molar-refractivity contribution in [2.75, 3.05) is 0 Å². The van der Waals surface area contributed by atoms with Crippen LogP contribution in [-0.2, 0) is 4.79 Å². The molecule has 4 heteroatoms. The zero-order valence-electron chi connectivity index (χ0n) is 5.99. The minimum atomic E-state index is -0.606. The van der Waals surface area contributed by atoms with E-state index in [1.54, 1.807) is 6.08 Å². The molecule has 12 heavy (non-hydrogen) atoms. The number of halogens is 1. The van der Waals surface area contributed by atoms with E-state index in [0.29, 0.717) is 17.7 Å². The lowest BCUT2D eigenvalue weighted by atomic mass is 10.1. The van der Waals surface area contributed by atoms with Crippen LogP contribution >= 0.6 is 0 Å². The molecule has 0 N–H and O–H groups in total. The summed E-state index contributed by atoms with van der Waals surface area (Å²) in [6.45, 7) is 0. The molecule has 0 fully saturated rings. The number of nitrogens with zero attached hydrogens (tertiary/aromatic N) is 2. The van der Waals surface area contributed by atoms with Crippen LogP contribution in [0.5, 0.6) is 0 Å². The van der Waals surface area contributed by atoms with E-state index in [4.69, 9.17) is 0 Å². The summed E-state index contributed by atoms with van der Waals surface area (Å²) in [5.41, 5.74) is 0.488. The molecule has 0 atom stereocenters. The van der Waals surface area contributed by atoms with E-state index in [-0.39, 0.29) is 5.57 Å². The largest absolute Gasteiger partial charge is 0.298 e. The average molecular weight is 163 g/mol. The molecule has 0 aromatic heterocycles. The Bertz CT molecular complexity index is 363. The standard InChI is InChI=1S/C8H4FN2O/c9-7-3-11-8-5(1-2-10-8)6(7)4-12/h1-4H. The first-order valence-electron chi connectivity index (χ1n) is 3.34. The Morgan fingerprint density at radius 3 is 3.08 bits per heavy atom. The molecular weight excluding hydrogens is 159 g/mol. The predicted molar refractivity (Wildman–Crippen MR) is 41.0 cm³/mol. The maximum Gasteiger partial charge on any atom is 0.160 e. The molecule has 0 aromatic rings. The van der Waals surface area contributed by atoms with E-state index >= 15 is 0 Å². The van der Waals surface area contributed by atoms with Gasteiger partial charge in [-0.1, -0.05) is 0 Å². The number of hydrogen-bond acceptors (Lipinski definition) is 2. The molecule has 1 radical (unpaired) electrons. The number of carbonyl (C=O) groups excluding carboxylic acids is 1. The third-order valence-electron chi connectivity index (χ3n) is 1.64. The molecule has 0 aromatic carbocycles. The zero-order valence-corrected chi connectivity index (χ0v) is 5.99. The molecule has 59 valence electrons. The SMILES string of the molecule is O=CC1=C2C=CN=C2[N]C=C1F. The fourth-order valence-electron chi connectivity index (χ4n) is 1.08. The lowest BCUT2D eigenvalue weighted by Gasteiger charge is -2.08. The third kappa shape index (κ3) is 0.812. The number of rotatable bonds is 1. The molecule has 0 saturated carbocycles. The Labute approximate surface area is 68.0 Å². The monoisotopic (exact) mass is 163 g/mol. The van der Waals surface area contributed by atoms with Crippen LogP contribution in [0.3, 0.4) is 0 Å². The van der Waals surface area contributed by atoms with Gasteiger partial charge in [0.15, 0.2) is 17.9 Å². The van der Waals surface area contributed by atoms with Gasteiger partial charge in [0, 0.05) is 11.8 Å². The van der Waals surface area contributed by atoms with Crippen molar-refractivity contribution < 1.29 is 9.18 Å². The van der Waals surface area contributed by atoms with Gasteiger partial charge in [-0.25, -0.2) is 14.7 Å². The highest BCUT2D eigenvalue weighted by atomic mass is 19.1. The van der Waals surface area contributed by atoms with E-state index < -0.39 is 5.83 Å². The highest BCUT2D eigenvalue weighted by Crippen LogP contribution is 2.23. The number of fused-ring (bicyclic) bond motifs is 1. The second kappa shape index (κ2) is 2.41. The summed E-state index contributed by atoms with van der Waals surface area (Å²) in [6.07, 6.45) is 4.53. The molecule has 0 bridgehead atoms. The molecule has 0 saturated heterocycles. The molecule has 0 spiro atoms. The van der Waals surface area contributed by atoms with Crippen LogP contribution in [0.15, 0.2) is 40.4 Å². The Balaban J connectivity index is 2.57. The van der Waals surface area contributed by atoms with Crippen molar-refractivity contribution in [2.45, 2.75) is 0 Å². The summed E-state index contributed by atoms with van der Waals surface area (Å²) in [6, 6.07) is 0. The molecule has 3 nitrogen and oxygen atoms in total. The van der Waals surface area contributed by atoms with Gasteiger partial charge in [0.2, 0.25) is 0 Å². The van der Waals surface area contributed by atoms with E-state index in [9.17, 15) is 9.18 Å². The molecule has 0 aliphatic carbocycles. The van der Waals surface area contributed by atoms with Gasteiger partial charge in [0.1, 0.15) is 0 Å². The lowest BCUT2D eigenvalue weighted by molar-refractivity contribution is -0.104. The number of aliphatic imine (C=N–C) groups is 1. The van der Waals surface area contributed by atoms with Gasteiger partial charge in [-0.3, -0.25) is 4.79 Å².